The van der Waals surface area contributed by atoms with Crippen molar-refractivity contribution in [1.82, 2.24) is 0 Å². The molecule has 1 aliphatic heterocycles. The fourth-order valence-electron chi connectivity index (χ4n) is 7.17. The third-order valence-corrected chi connectivity index (χ3v) is 10.2. The molecule has 0 bridgehead atoms. The topological polar surface area (TPSA) is 61.8 Å². The van der Waals surface area contributed by atoms with E-state index in [-0.39, 0.29) is 17.5 Å². The van der Waals surface area contributed by atoms with Crippen LogP contribution < -0.4 is 9.47 Å². The highest BCUT2D eigenvalue weighted by molar-refractivity contribution is 5.82. The molecule has 1 aromatic carbocycles. The first-order chi connectivity index (χ1) is 21.3. The number of fused-ring (bicyclic) bond motifs is 1. The lowest BCUT2D eigenvalue weighted by atomic mass is 9.75. The zero-order valence-electron chi connectivity index (χ0n) is 32.8. The Bertz CT molecular complexity index is 1110. The predicted molar refractivity (Wildman–Crippen MR) is 194 cm³/mol. The molecule has 0 N–H and O–H groups in total. The monoisotopic (exact) mass is 645 g/mol. The van der Waals surface area contributed by atoms with Gasteiger partial charge in [-0.15, -0.1) is 0 Å². The number of carbonyl (C=O) groups excluding carboxylic acids is 2. The van der Waals surface area contributed by atoms with Gasteiger partial charge in [-0.2, -0.15) is 0 Å². The molecule has 0 radical (unpaired) electrons. The maximum absolute atomic E-state index is 13.4. The first-order valence-corrected chi connectivity index (χ1v) is 18.5. The molecule has 1 aromatic rings. The van der Waals surface area contributed by atoms with Crippen LogP contribution in [0, 0.1) is 49.4 Å². The lowest BCUT2D eigenvalue weighted by Gasteiger charge is -2.38. The van der Waals surface area contributed by atoms with Crippen LogP contribution >= 0.6 is 0 Å². The fourth-order valence-corrected chi connectivity index (χ4v) is 7.17. The van der Waals surface area contributed by atoms with E-state index < -0.39 is 10.8 Å². The van der Waals surface area contributed by atoms with Crippen LogP contribution in [0.3, 0.4) is 0 Å². The van der Waals surface area contributed by atoms with Gasteiger partial charge in [-0.3, -0.25) is 9.59 Å². The zero-order valence-corrected chi connectivity index (χ0v) is 32.8. The van der Waals surface area contributed by atoms with Crippen molar-refractivity contribution in [2.75, 3.05) is 7.11 Å². The second-order valence-electron chi connectivity index (χ2n) is 16.2. The minimum atomic E-state index is -0.863. The number of ether oxygens (including phenoxy) is 3. The highest BCUT2D eigenvalue weighted by Gasteiger charge is 2.42. The number of rotatable bonds is 17. The highest BCUT2D eigenvalue weighted by atomic mass is 16.5. The Kier molecular flexibility index (Phi) is 16.9. The van der Waals surface area contributed by atoms with Gasteiger partial charge in [0.1, 0.15) is 17.1 Å². The molecule has 0 spiro atoms. The number of carbonyl (C=O) groups is 2. The van der Waals surface area contributed by atoms with Crippen molar-refractivity contribution in [1.29, 1.82) is 0 Å². The van der Waals surface area contributed by atoms with Crippen LogP contribution in [0.5, 0.6) is 11.5 Å². The Hall–Kier alpha value is -2.04. The van der Waals surface area contributed by atoms with Crippen LogP contribution in [0.15, 0.2) is 0 Å². The molecule has 0 amide bonds. The van der Waals surface area contributed by atoms with E-state index in [2.05, 4.69) is 41.5 Å². The van der Waals surface area contributed by atoms with Gasteiger partial charge in [0.15, 0.2) is 0 Å². The maximum Gasteiger partial charge on any atom is 0.316 e. The Morgan fingerprint density at radius 2 is 1.28 bits per heavy atom. The second-order valence-corrected chi connectivity index (χ2v) is 16.2. The molecular formula is C41H72O5. The summed E-state index contributed by atoms with van der Waals surface area (Å²) < 4.78 is 17.9. The molecule has 1 unspecified atom stereocenters. The second kappa shape index (κ2) is 18.5. The number of esters is 2. The molecule has 0 aromatic heterocycles. The van der Waals surface area contributed by atoms with Crippen LogP contribution in [-0.4, -0.2) is 24.6 Å². The molecular weight excluding hydrogens is 572 g/mol. The molecule has 46 heavy (non-hydrogen) atoms. The van der Waals surface area contributed by atoms with Crippen molar-refractivity contribution in [3.63, 3.8) is 0 Å². The van der Waals surface area contributed by atoms with Crippen LogP contribution in [-0.2, 0) is 20.7 Å². The van der Waals surface area contributed by atoms with Crippen molar-refractivity contribution in [3.8, 4) is 11.5 Å². The van der Waals surface area contributed by atoms with Gasteiger partial charge in [-0.05, 0) is 122 Å². The fraction of sp³-hybridized carbons (Fsp3) is 0.805. The molecule has 0 fully saturated rings. The van der Waals surface area contributed by atoms with Crippen molar-refractivity contribution >= 4 is 11.9 Å². The van der Waals surface area contributed by atoms with Gasteiger partial charge in [-0.25, -0.2) is 0 Å². The minimum Gasteiger partial charge on any atom is -0.487 e. The molecule has 0 aliphatic carbocycles. The van der Waals surface area contributed by atoms with Crippen LogP contribution in [0.1, 0.15) is 169 Å². The summed E-state index contributed by atoms with van der Waals surface area (Å²) in [5, 5.41) is 0. The van der Waals surface area contributed by atoms with Crippen molar-refractivity contribution in [3.05, 3.63) is 22.3 Å². The maximum atomic E-state index is 13.4. The molecule has 0 saturated heterocycles. The van der Waals surface area contributed by atoms with E-state index in [1.165, 1.54) is 58.5 Å². The average Bonchev–Trinajstić information content (AvgIpc) is 2.97. The zero-order chi connectivity index (χ0) is 35.5. The molecule has 3 atom stereocenters. The largest absolute Gasteiger partial charge is 0.487 e. The van der Waals surface area contributed by atoms with Gasteiger partial charge in [0.05, 0.1) is 17.9 Å². The molecule has 1 heterocycles. The van der Waals surface area contributed by atoms with Gasteiger partial charge < -0.3 is 14.2 Å². The number of hydrogen-bond donors (Lipinski definition) is 0. The first-order valence-electron chi connectivity index (χ1n) is 18.5. The Balaban J connectivity index is 0.00000518. The summed E-state index contributed by atoms with van der Waals surface area (Å²) in [6.45, 7) is 29.2. The lowest BCUT2D eigenvalue weighted by molar-refractivity contribution is -0.155. The van der Waals surface area contributed by atoms with Gasteiger partial charge in [0.25, 0.3) is 0 Å². The smallest absolute Gasteiger partial charge is 0.316 e. The van der Waals surface area contributed by atoms with Crippen LogP contribution in [0.2, 0.25) is 0 Å². The molecule has 5 nitrogen and oxygen atoms in total. The van der Waals surface area contributed by atoms with Crippen LogP contribution in [0.25, 0.3) is 0 Å². The molecule has 266 valence electrons. The predicted octanol–water partition coefficient (Wildman–Crippen LogP) is 11.7. The summed E-state index contributed by atoms with van der Waals surface area (Å²) >= 11 is 0. The van der Waals surface area contributed by atoms with E-state index in [9.17, 15) is 9.59 Å². The standard InChI is InChI=1S/C39H66O5.C2H6/c1-26(2)17-14-18-27(3)19-15-20-28(4)21-16-23-39(12)24-22-32-31(7)33(29(5)30(6)34(32)44-39)43-36(41)38(10,11)25-37(8,9)35(40)42-13;1-2/h26-28H,14-25H2,1-13H3;1-2H3/t27?,28-,39-;/m1./s1. The number of methoxy groups -OCH3 is 1. The van der Waals surface area contributed by atoms with Crippen molar-refractivity contribution in [2.45, 2.75) is 180 Å². The van der Waals surface area contributed by atoms with Crippen molar-refractivity contribution in [2.24, 2.45) is 28.6 Å². The Morgan fingerprint density at radius 1 is 0.783 bits per heavy atom. The Labute approximate surface area is 284 Å². The van der Waals surface area contributed by atoms with Gasteiger partial charge in [0, 0.05) is 5.56 Å². The van der Waals surface area contributed by atoms with Crippen LogP contribution in [0.4, 0.5) is 0 Å². The highest BCUT2D eigenvalue weighted by Crippen LogP contribution is 2.46. The van der Waals surface area contributed by atoms with E-state index in [0.29, 0.717) is 12.2 Å². The molecule has 0 saturated carbocycles. The van der Waals surface area contributed by atoms with Gasteiger partial charge in [-0.1, -0.05) is 86.5 Å². The normalized spacial score (nSPS) is 17.7. The summed E-state index contributed by atoms with van der Waals surface area (Å²) in [4.78, 5) is 25.7. The molecule has 1 aliphatic rings. The van der Waals surface area contributed by atoms with Gasteiger partial charge in [0.2, 0.25) is 0 Å². The summed E-state index contributed by atoms with van der Waals surface area (Å²) in [5.41, 5.74) is 2.27. The number of benzene rings is 1. The van der Waals surface area contributed by atoms with E-state index in [1.807, 2.05) is 41.5 Å². The molecule has 2 rings (SSSR count). The van der Waals surface area contributed by atoms with E-state index >= 15 is 0 Å². The third kappa shape index (κ3) is 12.2. The van der Waals surface area contributed by atoms with Crippen molar-refractivity contribution < 1.29 is 23.8 Å². The summed E-state index contributed by atoms with van der Waals surface area (Å²) in [6, 6.07) is 0. The molecule has 5 heteroatoms. The SMILES string of the molecule is CC.COC(=O)C(C)(C)CC(C)(C)C(=O)Oc1c(C)c(C)c2c(c1C)CC[C@@](C)(CCC[C@H](C)CCCC(C)CCCC(C)C)O2. The quantitative estimate of drug-likeness (QED) is 0.125. The summed E-state index contributed by atoms with van der Waals surface area (Å²) in [5.74, 6) is 3.36. The number of hydrogen-bond acceptors (Lipinski definition) is 5. The summed E-state index contributed by atoms with van der Waals surface area (Å²) in [6.07, 6.45) is 13.8. The average molecular weight is 645 g/mol. The third-order valence-electron chi connectivity index (χ3n) is 10.2. The first kappa shape index (κ1) is 42.0. The van der Waals surface area contributed by atoms with E-state index in [4.69, 9.17) is 14.2 Å². The lowest BCUT2D eigenvalue weighted by Crippen LogP contribution is -2.38. The van der Waals surface area contributed by atoms with E-state index in [1.54, 1.807) is 13.8 Å². The summed E-state index contributed by atoms with van der Waals surface area (Å²) in [7, 11) is 1.38. The van der Waals surface area contributed by atoms with Gasteiger partial charge >= 0.3 is 11.9 Å². The van der Waals surface area contributed by atoms with E-state index in [0.717, 1.165) is 65.0 Å². The minimum absolute atomic E-state index is 0.180. The Morgan fingerprint density at radius 3 is 1.80 bits per heavy atom.